The molecule has 0 saturated heterocycles. The van der Waals surface area contributed by atoms with Crippen LogP contribution in [0.15, 0.2) is 23.4 Å². The van der Waals surface area contributed by atoms with Crippen molar-refractivity contribution in [1.29, 1.82) is 0 Å². The number of amidine groups is 1. The van der Waals surface area contributed by atoms with Gasteiger partial charge in [-0.15, -0.1) is 0 Å². The molecular weight excluding hydrogens is 290 g/mol. The molecule has 0 aliphatic heterocycles. The Hall–Kier alpha value is -1.75. The van der Waals surface area contributed by atoms with Gasteiger partial charge in [-0.05, 0) is 37.5 Å². The van der Waals surface area contributed by atoms with Gasteiger partial charge in [-0.2, -0.15) is 0 Å². The first-order valence-electron chi connectivity index (χ1n) is 7.11. The van der Waals surface area contributed by atoms with Gasteiger partial charge in [0.15, 0.2) is 5.84 Å². The lowest BCUT2D eigenvalue weighted by molar-refractivity contribution is -0.125. The lowest BCUT2D eigenvalue weighted by atomic mass is 9.82. The van der Waals surface area contributed by atoms with Crippen molar-refractivity contribution in [2.45, 2.75) is 39.0 Å². The SMILES string of the molecule is CCC1(C(=O)Nc2cc(/C(N)=N/O)ccc2Cl)CCCC1. The minimum absolute atomic E-state index is 0.000980. The number of nitrogens with two attached hydrogens (primary N) is 1. The van der Waals surface area contributed by atoms with Crippen molar-refractivity contribution in [3.63, 3.8) is 0 Å². The molecular formula is C15H20ClN3O2. The fraction of sp³-hybridized carbons (Fsp3) is 0.467. The van der Waals surface area contributed by atoms with Crippen molar-refractivity contribution < 1.29 is 10.0 Å². The van der Waals surface area contributed by atoms with Crippen LogP contribution < -0.4 is 11.1 Å². The smallest absolute Gasteiger partial charge is 0.230 e. The molecule has 21 heavy (non-hydrogen) atoms. The molecule has 1 aromatic rings. The van der Waals surface area contributed by atoms with Crippen molar-refractivity contribution >= 4 is 29.0 Å². The highest BCUT2D eigenvalue weighted by Gasteiger charge is 2.39. The van der Waals surface area contributed by atoms with Gasteiger partial charge in [0.1, 0.15) is 0 Å². The maximum atomic E-state index is 12.6. The van der Waals surface area contributed by atoms with Gasteiger partial charge in [-0.3, -0.25) is 4.79 Å². The zero-order valence-electron chi connectivity index (χ0n) is 12.0. The van der Waals surface area contributed by atoms with Crippen molar-refractivity contribution in [1.82, 2.24) is 0 Å². The molecule has 1 amide bonds. The number of benzene rings is 1. The molecule has 4 N–H and O–H groups in total. The van der Waals surface area contributed by atoms with Crippen molar-refractivity contribution in [2.75, 3.05) is 5.32 Å². The first-order valence-corrected chi connectivity index (χ1v) is 7.49. The maximum absolute atomic E-state index is 12.6. The molecule has 0 radical (unpaired) electrons. The van der Waals surface area contributed by atoms with Gasteiger partial charge < -0.3 is 16.3 Å². The second-order valence-electron chi connectivity index (χ2n) is 5.47. The van der Waals surface area contributed by atoms with Gasteiger partial charge in [-0.25, -0.2) is 0 Å². The van der Waals surface area contributed by atoms with Crippen molar-refractivity contribution in [2.24, 2.45) is 16.3 Å². The predicted octanol–water partition coefficient (Wildman–Crippen LogP) is 3.34. The lowest BCUT2D eigenvalue weighted by Crippen LogP contribution is -2.33. The molecule has 1 fully saturated rings. The molecule has 0 unspecified atom stereocenters. The third-order valence-corrected chi connectivity index (χ3v) is 4.67. The number of carbonyl (C=O) groups is 1. The number of rotatable bonds is 4. The third kappa shape index (κ3) is 3.13. The highest BCUT2D eigenvalue weighted by atomic mass is 35.5. The molecule has 1 aliphatic rings. The summed E-state index contributed by atoms with van der Waals surface area (Å²) in [7, 11) is 0. The summed E-state index contributed by atoms with van der Waals surface area (Å²) in [6.45, 7) is 2.04. The second kappa shape index (κ2) is 6.35. The first kappa shape index (κ1) is 15.6. The highest BCUT2D eigenvalue weighted by molar-refractivity contribution is 6.34. The fourth-order valence-corrected chi connectivity index (χ4v) is 3.05. The minimum Gasteiger partial charge on any atom is -0.409 e. The average molecular weight is 310 g/mol. The van der Waals surface area contributed by atoms with E-state index in [-0.39, 0.29) is 17.2 Å². The van der Waals surface area contributed by atoms with Crippen LogP contribution in [-0.4, -0.2) is 17.0 Å². The molecule has 1 aliphatic carbocycles. The summed E-state index contributed by atoms with van der Waals surface area (Å²) in [5, 5.41) is 15.0. The molecule has 2 rings (SSSR count). The Balaban J connectivity index is 2.24. The van der Waals surface area contributed by atoms with E-state index in [9.17, 15) is 4.79 Å². The van der Waals surface area contributed by atoms with E-state index in [0.717, 1.165) is 32.1 Å². The van der Waals surface area contributed by atoms with Crippen LogP contribution in [0.2, 0.25) is 5.02 Å². The molecule has 1 saturated carbocycles. The predicted molar refractivity (Wildman–Crippen MR) is 83.8 cm³/mol. The number of hydrogen-bond acceptors (Lipinski definition) is 3. The largest absolute Gasteiger partial charge is 0.409 e. The van der Waals surface area contributed by atoms with E-state index in [4.69, 9.17) is 22.5 Å². The summed E-state index contributed by atoms with van der Waals surface area (Å²) in [5.74, 6) is -0.0192. The van der Waals surface area contributed by atoms with Crippen LogP contribution in [-0.2, 0) is 4.79 Å². The van der Waals surface area contributed by atoms with Gasteiger partial charge in [0.25, 0.3) is 0 Å². The van der Waals surface area contributed by atoms with E-state index in [1.54, 1.807) is 18.2 Å². The minimum atomic E-state index is -0.296. The van der Waals surface area contributed by atoms with Crippen LogP contribution in [0.3, 0.4) is 0 Å². The molecule has 1 aromatic carbocycles. The van der Waals surface area contributed by atoms with Crippen LogP contribution in [0.5, 0.6) is 0 Å². The summed E-state index contributed by atoms with van der Waals surface area (Å²) < 4.78 is 0. The molecule has 114 valence electrons. The van der Waals surface area contributed by atoms with Crippen LogP contribution in [0.25, 0.3) is 0 Å². The van der Waals surface area contributed by atoms with Gasteiger partial charge in [-0.1, -0.05) is 36.5 Å². The van der Waals surface area contributed by atoms with E-state index < -0.39 is 0 Å². The third-order valence-electron chi connectivity index (χ3n) is 4.34. The number of nitrogens with zero attached hydrogens (tertiary/aromatic N) is 1. The normalized spacial score (nSPS) is 17.7. The second-order valence-corrected chi connectivity index (χ2v) is 5.88. The van der Waals surface area contributed by atoms with Gasteiger partial charge in [0, 0.05) is 11.0 Å². The lowest BCUT2D eigenvalue weighted by Gasteiger charge is -2.26. The monoisotopic (exact) mass is 309 g/mol. The number of amides is 1. The zero-order valence-corrected chi connectivity index (χ0v) is 12.8. The number of oxime groups is 1. The number of halogens is 1. The van der Waals surface area contributed by atoms with Crippen LogP contribution in [0.4, 0.5) is 5.69 Å². The maximum Gasteiger partial charge on any atom is 0.230 e. The Morgan fingerprint density at radius 3 is 2.71 bits per heavy atom. The Morgan fingerprint density at radius 2 is 2.14 bits per heavy atom. The first-order chi connectivity index (χ1) is 10.0. The quantitative estimate of drug-likeness (QED) is 0.345. The van der Waals surface area contributed by atoms with Gasteiger partial charge >= 0.3 is 0 Å². The van der Waals surface area contributed by atoms with Crippen LogP contribution >= 0.6 is 11.6 Å². The molecule has 5 nitrogen and oxygen atoms in total. The summed E-state index contributed by atoms with van der Waals surface area (Å²) in [6, 6.07) is 4.88. The van der Waals surface area contributed by atoms with E-state index in [1.165, 1.54) is 0 Å². The Bertz CT molecular complexity index is 566. The summed E-state index contributed by atoms with van der Waals surface area (Å²) in [6.07, 6.45) is 4.80. The summed E-state index contributed by atoms with van der Waals surface area (Å²) >= 11 is 6.13. The molecule has 0 heterocycles. The fourth-order valence-electron chi connectivity index (χ4n) is 2.89. The van der Waals surface area contributed by atoms with Crippen LogP contribution in [0, 0.1) is 5.41 Å². The molecule has 0 spiro atoms. The number of nitrogens with one attached hydrogen (secondary N) is 1. The Labute approximate surface area is 129 Å². The zero-order chi connectivity index (χ0) is 15.5. The average Bonchev–Trinajstić information content (AvgIpc) is 2.98. The summed E-state index contributed by atoms with van der Waals surface area (Å²) in [5.41, 5.74) is 6.27. The van der Waals surface area contributed by atoms with Crippen molar-refractivity contribution in [3.05, 3.63) is 28.8 Å². The van der Waals surface area contributed by atoms with E-state index in [2.05, 4.69) is 10.5 Å². The molecule has 0 bridgehead atoms. The molecule has 0 aromatic heterocycles. The highest BCUT2D eigenvalue weighted by Crippen LogP contribution is 2.42. The van der Waals surface area contributed by atoms with Crippen molar-refractivity contribution in [3.8, 4) is 0 Å². The number of carbonyl (C=O) groups excluding carboxylic acids is 1. The molecule has 6 heteroatoms. The van der Waals surface area contributed by atoms with Crippen LogP contribution in [0.1, 0.15) is 44.6 Å². The van der Waals surface area contributed by atoms with E-state index in [1.807, 2.05) is 6.92 Å². The Morgan fingerprint density at radius 1 is 1.48 bits per heavy atom. The standard InChI is InChI=1S/C15H20ClN3O2/c1-2-15(7-3-4-8-15)14(20)18-12-9-10(13(17)19-21)5-6-11(12)16/h5-6,9,21H,2-4,7-8H2,1H3,(H2,17,19)(H,18,20). The summed E-state index contributed by atoms with van der Waals surface area (Å²) in [4.78, 5) is 12.6. The van der Waals surface area contributed by atoms with E-state index >= 15 is 0 Å². The van der Waals surface area contributed by atoms with E-state index in [0.29, 0.717) is 16.3 Å². The number of anilines is 1. The van der Waals surface area contributed by atoms with Gasteiger partial charge in [0.05, 0.1) is 10.7 Å². The topological polar surface area (TPSA) is 87.7 Å². The van der Waals surface area contributed by atoms with Gasteiger partial charge in [0.2, 0.25) is 5.91 Å². The number of hydrogen-bond donors (Lipinski definition) is 3. The molecule has 0 atom stereocenters. The Kier molecular flexibility index (Phi) is 4.73.